The number of nitrogens with zero attached hydrogens (tertiary/aromatic N) is 4. The number of aryl methyl sites for hydroxylation is 2. The Bertz CT molecular complexity index is 1160. The van der Waals surface area contributed by atoms with Crippen LogP contribution >= 0.6 is 23.2 Å². The van der Waals surface area contributed by atoms with Crippen LogP contribution in [0.1, 0.15) is 51.0 Å². The number of imidazole rings is 1. The maximum Gasteiger partial charge on any atom is 0.330 e. The van der Waals surface area contributed by atoms with E-state index in [1.54, 1.807) is 10.6 Å². The van der Waals surface area contributed by atoms with Gasteiger partial charge < -0.3 is 4.57 Å². The topological polar surface area (TPSA) is 75.9 Å². The molecule has 0 saturated heterocycles. The fourth-order valence-corrected chi connectivity index (χ4v) is 4.21. The van der Waals surface area contributed by atoms with Crippen LogP contribution < -0.4 is 11.2 Å². The van der Waals surface area contributed by atoms with Gasteiger partial charge in [-0.05, 0) is 45.0 Å². The van der Waals surface area contributed by atoms with E-state index in [0.717, 1.165) is 24.2 Å². The molecule has 0 bridgehead atoms. The van der Waals surface area contributed by atoms with E-state index in [1.807, 2.05) is 30.7 Å². The summed E-state index contributed by atoms with van der Waals surface area (Å²) in [6, 6.07) is 5.47. The van der Waals surface area contributed by atoms with Gasteiger partial charge in [-0.1, -0.05) is 42.6 Å². The van der Waals surface area contributed by atoms with E-state index in [2.05, 4.69) is 23.7 Å². The number of H-pyrrole nitrogens is 1. The molecule has 0 saturated carbocycles. The molecule has 0 aliphatic heterocycles. The van der Waals surface area contributed by atoms with Gasteiger partial charge in [0.1, 0.15) is 5.82 Å². The summed E-state index contributed by atoms with van der Waals surface area (Å²) in [5.41, 5.74) is 1.02. The van der Waals surface area contributed by atoms with Gasteiger partial charge in [0, 0.05) is 29.2 Å². The largest absolute Gasteiger partial charge is 0.330 e. The number of halogens is 2. The highest BCUT2D eigenvalue weighted by molar-refractivity contribution is 6.35. The van der Waals surface area contributed by atoms with Crippen molar-refractivity contribution in [1.29, 1.82) is 0 Å². The van der Waals surface area contributed by atoms with Gasteiger partial charge in [-0.2, -0.15) is 0 Å². The highest BCUT2D eigenvalue weighted by Gasteiger charge is 2.21. The molecule has 0 fully saturated rings. The van der Waals surface area contributed by atoms with Crippen molar-refractivity contribution < 1.29 is 0 Å². The van der Waals surface area contributed by atoms with Gasteiger partial charge in [0.15, 0.2) is 11.2 Å². The second kappa shape index (κ2) is 9.37. The second-order valence-electron chi connectivity index (χ2n) is 7.47. The Morgan fingerprint density at radius 1 is 1.20 bits per heavy atom. The number of unbranched alkanes of at least 4 members (excludes halogenated alkanes) is 1. The Balaban J connectivity index is 2.02. The fourth-order valence-electron chi connectivity index (χ4n) is 3.64. The van der Waals surface area contributed by atoms with Crippen LogP contribution in [0.3, 0.4) is 0 Å². The highest BCUT2D eigenvalue weighted by Crippen LogP contribution is 2.30. The van der Waals surface area contributed by atoms with E-state index < -0.39 is 11.2 Å². The van der Waals surface area contributed by atoms with Crippen molar-refractivity contribution >= 4 is 34.4 Å². The first-order chi connectivity index (χ1) is 14.3. The van der Waals surface area contributed by atoms with Gasteiger partial charge in [0.25, 0.3) is 5.56 Å². The number of hydrogen-bond acceptors (Lipinski definition) is 4. The molecule has 9 heteroatoms. The van der Waals surface area contributed by atoms with E-state index in [1.165, 1.54) is 0 Å². The van der Waals surface area contributed by atoms with Crippen molar-refractivity contribution in [2.24, 2.45) is 0 Å². The lowest BCUT2D eigenvalue weighted by molar-refractivity contribution is 0.244. The smallest absolute Gasteiger partial charge is 0.321 e. The number of hydrogen-bond donors (Lipinski definition) is 1. The normalized spacial score (nSPS) is 12.8. The molecule has 30 heavy (non-hydrogen) atoms. The lowest BCUT2D eigenvalue weighted by Crippen LogP contribution is -2.31. The molecule has 162 valence electrons. The van der Waals surface area contributed by atoms with Gasteiger partial charge in [0.05, 0.1) is 6.54 Å². The lowest BCUT2D eigenvalue weighted by atomic mass is 10.1. The third-order valence-electron chi connectivity index (χ3n) is 5.48. The minimum atomic E-state index is -0.414. The molecule has 1 aromatic carbocycles. The van der Waals surface area contributed by atoms with Crippen LogP contribution in [0.2, 0.25) is 10.0 Å². The standard InChI is InChI=1S/C21H27Cl2N5O2/c1-5-7-10-28-19-18(20(29)25-21(28)30)27(6-2)17(24-19)12-26(4)13(3)15-9-8-14(22)11-16(15)23/h8-9,11,13H,5-7,10,12H2,1-4H3,(H,25,29,30). The van der Waals surface area contributed by atoms with Crippen molar-refractivity contribution in [1.82, 2.24) is 24.0 Å². The Hall–Kier alpha value is -2.09. The zero-order valence-corrected chi connectivity index (χ0v) is 19.2. The van der Waals surface area contributed by atoms with Crippen LogP contribution in [0.5, 0.6) is 0 Å². The molecular formula is C21H27Cl2N5O2. The number of rotatable bonds is 8. The average Bonchev–Trinajstić information content (AvgIpc) is 3.05. The Labute approximate surface area is 185 Å². The van der Waals surface area contributed by atoms with E-state index in [-0.39, 0.29) is 6.04 Å². The summed E-state index contributed by atoms with van der Waals surface area (Å²) >= 11 is 12.4. The summed E-state index contributed by atoms with van der Waals surface area (Å²) in [5.74, 6) is 0.730. The van der Waals surface area contributed by atoms with Gasteiger partial charge in [0.2, 0.25) is 0 Å². The fraction of sp³-hybridized carbons (Fsp3) is 0.476. The van der Waals surface area contributed by atoms with Crippen molar-refractivity contribution in [3.05, 3.63) is 60.5 Å². The predicted molar refractivity (Wildman–Crippen MR) is 122 cm³/mol. The summed E-state index contributed by atoms with van der Waals surface area (Å²) < 4.78 is 3.44. The first kappa shape index (κ1) is 22.6. The lowest BCUT2D eigenvalue weighted by Gasteiger charge is -2.25. The summed E-state index contributed by atoms with van der Waals surface area (Å²) in [7, 11) is 1.98. The SMILES string of the molecule is CCCCn1c(=O)[nH]c(=O)c2c1nc(CN(C)C(C)c1ccc(Cl)cc1Cl)n2CC. The van der Waals surface area contributed by atoms with E-state index in [4.69, 9.17) is 28.2 Å². The first-order valence-electron chi connectivity index (χ1n) is 10.2. The first-order valence-corrected chi connectivity index (χ1v) is 10.9. The Morgan fingerprint density at radius 3 is 2.57 bits per heavy atom. The molecule has 0 aliphatic carbocycles. The Kier molecular flexibility index (Phi) is 7.06. The molecule has 0 aliphatic rings. The third-order valence-corrected chi connectivity index (χ3v) is 6.04. The second-order valence-corrected chi connectivity index (χ2v) is 8.31. The molecular weight excluding hydrogens is 425 g/mol. The highest BCUT2D eigenvalue weighted by atomic mass is 35.5. The van der Waals surface area contributed by atoms with Gasteiger partial charge in [-0.15, -0.1) is 0 Å². The summed E-state index contributed by atoms with van der Waals surface area (Å²) in [4.78, 5) is 34.2. The van der Waals surface area contributed by atoms with Crippen LogP contribution in [-0.4, -0.2) is 31.0 Å². The van der Waals surface area contributed by atoms with Crippen molar-refractivity contribution in [3.8, 4) is 0 Å². The summed E-state index contributed by atoms with van der Waals surface area (Å²) in [5, 5.41) is 1.20. The average molecular weight is 452 g/mol. The minimum absolute atomic E-state index is 0.000420. The number of aromatic amines is 1. The molecule has 1 atom stereocenters. The molecule has 0 amide bonds. The molecule has 2 heterocycles. The molecule has 2 aromatic heterocycles. The zero-order chi connectivity index (χ0) is 22.0. The van der Waals surface area contributed by atoms with Crippen molar-refractivity contribution in [2.45, 2.75) is 59.3 Å². The Morgan fingerprint density at radius 2 is 1.93 bits per heavy atom. The number of aromatic nitrogens is 4. The van der Waals surface area contributed by atoms with Crippen LogP contribution in [0.25, 0.3) is 11.2 Å². The van der Waals surface area contributed by atoms with Crippen molar-refractivity contribution in [3.63, 3.8) is 0 Å². The minimum Gasteiger partial charge on any atom is -0.321 e. The monoisotopic (exact) mass is 451 g/mol. The van der Waals surface area contributed by atoms with Gasteiger partial charge >= 0.3 is 5.69 Å². The summed E-state index contributed by atoms with van der Waals surface area (Å²) in [6.45, 7) is 7.66. The molecule has 3 aromatic rings. The maximum absolute atomic E-state index is 12.6. The van der Waals surface area contributed by atoms with Crippen LogP contribution in [0, 0.1) is 0 Å². The van der Waals surface area contributed by atoms with E-state index >= 15 is 0 Å². The van der Waals surface area contributed by atoms with E-state index in [9.17, 15) is 9.59 Å². The maximum atomic E-state index is 12.6. The molecule has 0 radical (unpaired) electrons. The van der Waals surface area contributed by atoms with E-state index in [0.29, 0.717) is 40.8 Å². The number of benzene rings is 1. The van der Waals surface area contributed by atoms with Gasteiger partial charge in [-0.3, -0.25) is 19.2 Å². The molecule has 3 rings (SSSR count). The van der Waals surface area contributed by atoms with Crippen LogP contribution in [0.15, 0.2) is 27.8 Å². The van der Waals surface area contributed by atoms with Crippen LogP contribution in [0.4, 0.5) is 0 Å². The zero-order valence-electron chi connectivity index (χ0n) is 17.7. The van der Waals surface area contributed by atoms with Gasteiger partial charge in [-0.25, -0.2) is 9.78 Å². The number of fused-ring (bicyclic) bond motifs is 1. The predicted octanol–water partition coefficient (Wildman–Crippen LogP) is 4.21. The number of nitrogens with one attached hydrogen (secondary N) is 1. The third kappa shape index (κ3) is 4.33. The molecule has 1 unspecified atom stereocenters. The molecule has 1 N–H and O–H groups in total. The molecule has 0 spiro atoms. The summed E-state index contributed by atoms with van der Waals surface area (Å²) in [6.07, 6.45) is 1.78. The quantitative estimate of drug-likeness (QED) is 0.556. The van der Waals surface area contributed by atoms with Crippen LogP contribution in [-0.2, 0) is 19.6 Å². The molecule has 7 nitrogen and oxygen atoms in total. The van der Waals surface area contributed by atoms with Crippen molar-refractivity contribution in [2.75, 3.05) is 7.05 Å².